The Labute approximate surface area is 107 Å². The largest absolute Gasteiger partial charge is 0.493 e. The molecule has 1 atom stereocenters. The van der Waals surface area contributed by atoms with Gasteiger partial charge in [-0.15, -0.1) is 0 Å². The van der Waals surface area contributed by atoms with Crippen molar-refractivity contribution in [2.75, 3.05) is 20.8 Å². The lowest BCUT2D eigenvalue weighted by atomic mass is 10.1. The molecule has 0 aliphatic heterocycles. The maximum absolute atomic E-state index is 11.8. The van der Waals surface area contributed by atoms with E-state index in [4.69, 9.17) is 15.2 Å². The molecule has 3 N–H and O–H groups in total. The van der Waals surface area contributed by atoms with Crippen molar-refractivity contribution in [1.29, 1.82) is 0 Å². The quantitative estimate of drug-likeness (QED) is 0.782. The lowest BCUT2D eigenvalue weighted by molar-refractivity contribution is -0.121. The summed E-state index contributed by atoms with van der Waals surface area (Å²) < 4.78 is 10.5. The van der Waals surface area contributed by atoms with Crippen LogP contribution in [-0.2, 0) is 11.2 Å². The number of carbonyl (C=O) groups is 1. The van der Waals surface area contributed by atoms with Crippen LogP contribution in [0, 0.1) is 0 Å². The van der Waals surface area contributed by atoms with Crippen LogP contribution in [0.4, 0.5) is 0 Å². The van der Waals surface area contributed by atoms with Gasteiger partial charge in [-0.25, -0.2) is 0 Å². The van der Waals surface area contributed by atoms with Crippen LogP contribution in [0.15, 0.2) is 18.2 Å². The molecule has 0 fully saturated rings. The average Bonchev–Trinajstić information content (AvgIpc) is 2.37. The summed E-state index contributed by atoms with van der Waals surface area (Å²) in [7, 11) is 3.12. The summed E-state index contributed by atoms with van der Waals surface area (Å²) in [5.74, 6) is 1.13. The van der Waals surface area contributed by atoms with Crippen molar-refractivity contribution in [3.8, 4) is 11.5 Å². The Hall–Kier alpha value is -1.75. The van der Waals surface area contributed by atoms with E-state index >= 15 is 0 Å². The van der Waals surface area contributed by atoms with Gasteiger partial charge in [-0.1, -0.05) is 12.1 Å². The third kappa shape index (κ3) is 3.63. The first-order chi connectivity index (χ1) is 8.62. The molecule has 0 spiro atoms. The second-order valence-electron chi connectivity index (χ2n) is 4.03. The highest BCUT2D eigenvalue weighted by Gasteiger charge is 2.13. The molecule has 100 valence electrons. The Morgan fingerprint density at radius 3 is 2.67 bits per heavy atom. The van der Waals surface area contributed by atoms with E-state index in [0.29, 0.717) is 18.0 Å². The molecule has 1 unspecified atom stereocenters. The van der Waals surface area contributed by atoms with Crippen molar-refractivity contribution in [2.24, 2.45) is 5.73 Å². The molecular weight excluding hydrogens is 232 g/mol. The van der Waals surface area contributed by atoms with Crippen molar-refractivity contribution in [3.05, 3.63) is 23.8 Å². The zero-order chi connectivity index (χ0) is 13.5. The van der Waals surface area contributed by atoms with Crippen LogP contribution in [0.5, 0.6) is 11.5 Å². The van der Waals surface area contributed by atoms with E-state index < -0.39 is 0 Å². The van der Waals surface area contributed by atoms with Gasteiger partial charge in [0.2, 0.25) is 5.91 Å². The molecule has 0 aromatic heterocycles. The summed E-state index contributed by atoms with van der Waals surface area (Å²) in [5, 5.41) is 2.81. The molecule has 5 heteroatoms. The summed E-state index contributed by atoms with van der Waals surface area (Å²) in [6, 6.07) is 5.43. The van der Waals surface area contributed by atoms with E-state index in [0.717, 1.165) is 5.56 Å². The number of hydrogen-bond donors (Lipinski definition) is 2. The minimum atomic E-state index is -0.0838. The van der Waals surface area contributed by atoms with Crippen molar-refractivity contribution in [1.82, 2.24) is 5.32 Å². The SMILES string of the molecule is COc1cccc(CC(=O)NC(C)CN)c1OC. The van der Waals surface area contributed by atoms with Gasteiger partial charge in [0.05, 0.1) is 20.6 Å². The predicted octanol–water partition coefficient (Wildman–Crippen LogP) is 0.710. The zero-order valence-electron chi connectivity index (χ0n) is 11.0. The monoisotopic (exact) mass is 252 g/mol. The second-order valence-corrected chi connectivity index (χ2v) is 4.03. The van der Waals surface area contributed by atoms with Crippen LogP contribution < -0.4 is 20.5 Å². The maximum Gasteiger partial charge on any atom is 0.224 e. The molecule has 1 aromatic rings. The fraction of sp³-hybridized carbons (Fsp3) is 0.462. The second kappa shape index (κ2) is 6.86. The number of amides is 1. The highest BCUT2D eigenvalue weighted by atomic mass is 16.5. The van der Waals surface area contributed by atoms with Crippen LogP contribution in [0.2, 0.25) is 0 Å². The molecule has 1 rings (SSSR count). The molecule has 0 aliphatic carbocycles. The first-order valence-corrected chi connectivity index (χ1v) is 5.81. The number of methoxy groups -OCH3 is 2. The zero-order valence-corrected chi connectivity index (χ0v) is 11.0. The van der Waals surface area contributed by atoms with Crippen molar-refractivity contribution in [2.45, 2.75) is 19.4 Å². The van der Waals surface area contributed by atoms with Crippen LogP contribution in [0.1, 0.15) is 12.5 Å². The third-order valence-electron chi connectivity index (χ3n) is 2.60. The summed E-state index contributed by atoms with van der Waals surface area (Å²) in [6.45, 7) is 2.28. The maximum atomic E-state index is 11.8. The first kappa shape index (κ1) is 14.3. The van der Waals surface area contributed by atoms with E-state index in [9.17, 15) is 4.79 Å². The van der Waals surface area contributed by atoms with Gasteiger partial charge in [-0.3, -0.25) is 4.79 Å². The number of ether oxygens (including phenoxy) is 2. The Kier molecular flexibility index (Phi) is 5.45. The number of rotatable bonds is 6. The third-order valence-corrected chi connectivity index (χ3v) is 2.60. The molecule has 1 aromatic carbocycles. The summed E-state index contributed by atoms with van der Waals surface area (Å²) in [6.07, 6.45) is 0.241. The van der Waals surface area contributed by atoms with Gasteiger partial charge >= 0.3 is 0 Å². The fourth-order valence-electron chi connectivity index (χ4n) is 1.65. The van der Waals surface area contributed by atoms with Gasteiger partial charge in [0.1, 0.15) is 0 Å². The fourth-order valence-corrected chi connectivity index (χ4v) is 1.65. The van der Waals surface area contributed by atoms with Crippen LogP contribution in [-0.4, -0.2) is 32.7 Å². The standard InChI is InChI=1S/C13H20N2O3/c1-9(8-14)15-12(16)7-10-5-4-6-11(17-2)13(10)18-3/h4-6,9H,7-8,14H2,1-3H3,(H,15,16). The van der Waals surface area contributed by atoms with E-state index in [1.165, 1.54) is 0 Å². The number of nitrogens with two attached hydrogens (primary N) is 1. The van der Waals surface area contributed by atoms with E-state index in [2.05, 4.69) is 5.32 Å². The minimum absolute atomic E-state index is 0.0332. The Morgan fingerprint density at radius 2 is 2.11 bits per heavy atom. The highest BCUT2D eigenvalue weighted by Crippen LogP contribution is 2.30. The molecule has 0 saturated heterocycles. The van der Waals surface area contributed by atoms with Gasteiger partial charge in [0.15, 0.2) is 11.5 Å². The first-order valence-electron chi connectivity index (χ1n) is 5.81. The number of carbonyl (C=O) groups excluding carboxylic acids is 1. The minimum Gasteiger partial charge on any atom is -0.493 e. The van der Waals surface area contributed by atoms with Gasteiger partial charge in [-0.05, 0) is 13.0 Å². The van der Waals surface area contributed by atoms with Gasteiger partial charge in [-0.2, -0.15) is 0 Å². The van der Waals surface area contributed by atoms with E-state index in [-0.39, 0.29) is 18.4 Å². The molecule has 0 saturated carbocycles. The van der Waals surface area contributed by atoms with Crippen LogP contribution in [0.25, 0.3) is 0 Å². The predicted molar refractivity (Wildman–Crippen MR) is 69.9 cm³/mol. The normalized spacial score (nSPS) is 11.8. The van der Waals surface area contributed by atoms with Gasteiger partial charge < -0.3 is 20.5 Å². The van der Waals surface area contributed by atoms with Crippen molar-refractivity contribution in [3.63, 3.8) is 0 Å². The molecule has 1 amide bonds. The summed E-state index contributed by atoms with van der Waals surface area (Å²) in [5.41, 5.74) is 6.25. The topological polar surface area (TPSA) is 73.6 Å². The lowest BCUT2D eigenvalue weighted by Gasteiger charge is -2.14. The number of benzene rings is 1. The van der Waals surface area contributed by atoms with Crippen molar-refractivity contribution < 1.29 is 14.3 Å². The Bertz CT molecular complexity index is 407. The Morgan fingerprint density at radius 1 is 1.39 bits per heavy atom. The molecule has 0 aliphatic rings. The van der Waals surface area contributed by atoms with E-state index in [1.807, 2.05) is 19.1 Å². The van der Waals surface area contributed by atoms with Crippen LogP contribution in [0.3, 0.4) is 0 Å². The van der Waals surface area contributed by atoms with Crippen LogP contribution >= 0.6 is 0 Å². The Balaban J connectivity index is 2.81. The lowest BCUT2D eigenvalue weighted by Crippen LogP contribution is -2.38. The molecule has 5 nitrogen and oxygen atoms in total. The van der Waals surface area contributed by atoms with Gasteiger partial charge in [0.25, 0.3) is 0 Å². The highest BCUT2D eigenvalue weighted by molar-refractivity contribution is 5.80. The summed E-state index contributed by atoms with van der Waals surface area (Å²) in [4.78, 5) is 11.8. The molecule has 0 bridgehead atoms. The number of hydrogen-bond acceptors (Lipinski definition) is 4. The number of nitrogens with one attached hydrogen (secondary N) is 1. The summed E-state index contributed by atoms with van der Waals surface area (Å²) >= 11 is 0. The van der Waals surface area contributed by atoms with Gasteiger partial charge in [0, 0.05) is 18.2 Å². The smallest absolute Gasteiger partial charge is 0.224 e. The molecular formula is C13H20N2O3. The average molecular weight is 252 g/mol. The molecule has 18 heavy (non-hydrogen) atoms. The van der Waals surface area contributed by atoms with Crippen molar-refractivity contribution >= 4 is 5.91 Å². The number of para-hydroxylation sites is 1. The van der Waals surface area contributed by atoms with E-state index in [1.54, 1.807) is 20.3 Å². The molecule has 0 radical (unpaired) electrons. The molecule has 0 heterocycles.